The van der Waals surface area contributed by atoms with Crippen molar-refractivity contribution in [3.05, 3.63) is 0 Å². The molecule has 2 atom stereocenters. The van der Waals surface area contributed by atoms with E-state index in [-0.39, 0.29) is 11.5 Å². The molecule has 0 amide bonds. The third kappa shape index (κ3) is 4.19. The largest absolute Gasteiger partial charge is 0.481 e. The smallest absolute Gasteiger partial charge is 0.312 e. The monoisotopic (exact) mass is 300 g/mol. The van der Waals surface area contributed by atoms with Crippen molar-refractivity contribution in [3.8, 4) is 0 Å². The Balaban J connectivity index is 2.65. The molecule has 0 heterocycles. The third-order valence-corrected chi connectivity index (χ3v) is 5.50. The molecule has 4 nitrogen and oxygen atoms in total. The van der Waals surface area contributed by atoms with E-state index >= 15 is 0 Å². The standard InChI is InChI=1S/C17H32O4/c1-12(2)17(6,15(18)19)13(3)20-21-16(4,5)14-10-8-7-9-11-14/h12-14H,7-11H2,1-6H3,(H,18,19). The quantitative estimate of drug-likeness (QED) is 0.558. The van der Waals surface area contributed by atoms with Gasteiger partial charge in [-0.3, -0.25) is 4.79 Å². The molecule has 0 aromatic carbocycles. The van der Waals surface area contributed by atoms with Gasteiger partial charge in [-0.25, -0.2) is 9.78 Å². The minimum Gasteiger partial charge on any atom is -0.481 e. The van der Waals surface area contributed by atoms with Crippen LogP contribution in [0, 0.1) is 17.3 Å². The van der Waals surface area contributed by atoms with Crippen LogP contribution in [-0.4, -0.2) is 22.8 Å². The topological polar surface area (TPSA) is 55.8 Å². The maximum Gasteiger partial charge on any atom is 0.312 e. The molecular weight excluding hydrogens is 268 g/mol. The molecule has 0 radical (unpaired) electrons. The van der Waals surface area contributed by atoms with E-state index in [9.17, 15) is 9.90 Å². The lowest BCUT2D eigenvalue weighted by atomic mass is 9.75. The second-order valence-corrected chi connectivity index (χ2v) is 7.50. The molecule has 0 aliphatic heterocycles. The summed E-state index contributed by atoms with van der Waals surface area (Å²) in [5.41, 5.74) is -1.33. The van der Waals surface area contributed by atoms with Gasteiger partial charge in [0.05, 0.1) is 5.41 Å². The Morgan fingerprint density at radius 3 is 2.05 bits per heavy atom. The molecule has 0 bridgehead atoms. The van der Waals surface area contributed by atoms with Gasteiger partial charge in [0.15, 0.2) is 0 Å². The highest BCUT2D eigenvalue weighted by Crippen LogP contribution is 2.38. The van der Waals surface area contributed by atoms with Gasteiger partial charge < -0.3 is 5.11 Å². The van der Waals surface area contributed by atoms with Gasteiger partial charge in [0.1, 0.15) is 11.7 Å². The second kappa shape index (κ2) is 7.10. The van der Waals surface area contributed by atoms with E-state index < -0.39 is 17.5 Å². The van der Waals surface area contributed by atoms with Crippen LogP contribution in [0.2, 0.25) is 0 Å². The van der Waals surface area contributed by atoms with Crippen LogP contribution in [-0.2, 0) is 14.6 Å². The first kappa shape index (κ1) is 18.4. The maximum atomic E-state index is 11.6. The van der Waals surface area contributed by atoms with Crippen LogP contribution >= 0.6 is 0 Å². The highest BCUT2D eigenvalue weighted by atomic mass is 17.2. The summed E-state index contributed by atoms with van der Waals surface area (Å²) < 4.78 is 0. The molecule has 1 rings (SSSR count). The molecule has 1 aliphatic rings. The first-order chi connectivity index (χ1) is 9.62. The van der Waals surface area contributed by atoms with Gasteiger partial charge in [0.25, 0.3) is 0 Å². The van der Waals surface area contributed by atoms with Crippen LogP contribution in [0.25, 0.3) is 0 Å². The van der Waals surface area contributed by atoms with Crippen LogP contribution < -0.4 is 0 Å². The van der Waals surface area contributed by atoms with Crippen molar-refractivity contribution in [1.29, 1.82) is 0 Å². The van der Waals surface area contributed by atoms with E-state index in [1.807, 2.05) is 27.7 Å². The fourth-order valence-electron chi connectivity index (χ4n) is 3.05. The number of carbonyl (C=O) groups is 1. The Morgan fingerprint density at radius 1 is 1.10 bits per heavy atom. The second-order valence-electron chi connectivity index (χ2n) is 7.50. The molecule has 0 aromatic rings. The normalized spacial score (nSPS) is 22.0. The van der Waals surface area contributed by atoms with Crippen molar-refractivity contribution in [1.82, 2.24) is 0 Å². The lowest BCUT2D eigenvalue weighted by Crippen LogP contribution is -2.46. The number of aliphatic carboxylic acids is 1. The fraction of sp³-hybridized carbons (Fsp3) is 0.941. The van der Waals surface area contributed by atoms with Crippen LogP contribution in [0.4, 0.5) is 0 Å². The van der Waals surface area contributed by atoms with Gasteiger partial charge in [0.2, 0.25) is 0 Å². The van der Waals surface area contributed by atoms with Crippen molar-refractivity contribution < 1.29 is 19.7 Å². The van der Waals surface area contributed by atoms with Crippen LogP contribution in [0.5, 0.6) is 0 Å². The van der Waals surface area contributed by atoms with Gasteiger partial charge in [0, 0.05) is 0 Å². The maximum absolute atomic E-state index is 11.6. The molecule has 0 saturated heterocycles. The molecule has 4 heteroatoms. The number of hydrogen-bond donors (Lipinski definition) is 1. The highest BCUT2D eigenvalue weighted by molar-refractivity contribution is 5.75. The van der Waals surface area contributed by atoms with E-state index in [0.717, 1.165) is 12.8 Å². The highest BCUT2D eigenvalue weighted by Gasteiger charge is 2.45. The molecule has 0 aromatic heterocycles. The Labute approximate surface area is 129 Å². The summed E-state index contributed by atoms with van der Waals surface area (Å²) in [6.45, 7) is 11.4. The molecule has 1 aliphatic carbocycles. The first-order valence-electron chi connectivity index (χ1n) is 8.20. The van der Waals surface area contributed by atoms with Crippen molar-refractivity contribution >= 4 is 5.97 Å². The van der Waals surface area contributed by atoms with E-state index in [2.05, 4.69) is 0 Å². The zero-order valence-electron chi connectivity index (χ0n) is 14.4. The summed E-state index contributed by atoms with van der Waals surface area (Å²) in [6, 6.07) is 0. The summed E-state index contributed by atoms with van der Waals surface area (Å²) in [7, 11) is 0. The van der Waals surface area contributed by atoms with Gasteiger partial charge in [-0.1, -0.05) is 33.1 Å². The molecular formula is C17H32O4. The molecule has 0 spiro atoms. The molecule has 1 fully saturated rings. The molecule has 21 heavy (non-hydrogen) atoms. The lowest BCUT2D eigenvalue weighted by Gasteiger charge is -2.39. The predicted molar refractivity (Wildman–Crippen MR) is 82.9 cm³/mol. The average molecular weight is 300 g/mol. The van der Waals surface area contributed by atoms with Gasteiger partial charge in [-0.2, -0.15) is 0 Å². The number of rotatable bonds is 7. The summed E-state index contributed by atoms with van der Waals surface area (Å²) in [4.78, 5) is 22.9. The number of carboxylic acids is 1. The number of carboxylic acid groups (broad SMARTS) is 1. The third-order valence-electron chi connectivity index (χ3n) is 5.50. The zero-order valence-corrected chi connectivity index (χ0v) is 14.4. The van der Waals surface area contributed by atoms with Gasteiger partial charge >= 0.3 is 5.97 Å². The van der Waals surface area contributed by atoms with Gasteiger partial charge in [-0.15, -0.1) is 0 Å². The summed E-state index contributed by atoms with van der Waals surface area (Å²) in [6.07, 6.45) is 5.60. The van der Waals surface area contributed by atoms with E-state index in [0.29, 0.717) is 5.92 Å². The Morgan fingerprint density at radius 2 is 1.62 bits per heavy atom. The van der Waals surface area contributed by atoms with E-state index in [4.69, 9.17) is 9.78 Å². The van der Waals surface area contributed by atoms with Crippen LogP contribution in [0.1, 0.15) is 73.6 Å². The summed E-state index contributed by atoms with van der Waals surface area (Å²) in [5, 5.41) is 9.52. The molecule has 1 N–H and O–H groups in total. The van der Waals surface area contributed by atoms with E-state index in [1.165, 1.54) is 19.3 Å². The summed E-state index contributed by atoms with van der Waals surface area (Å²) >= 11 is 0. The van der Waals surface area contributed by atoms with Crippen LogP contribution in [0.15, 0.2) is 0 Å². The SMILES string of the molecule is CC(C)C(C)(C(=O)O)C(C)OOC(C)(C)C1CCCCC1. The predicted octanol–water partition coefficient (Wildman–Crippen LogP) is 4.43. The fourth-order valence-corrected chi connectivity index (χ4v) is 3.05. The Hall–Kier alpha value is -0.610. The first-order valence-corrected chi connectivity index (χ1v) is 8.20. The minimum atomic E-state index is -0.956. The van der Waals surface area contributed by atoms with Crippen molar-refractivity contribution in [2.75, 3.05) is 0 Å². The Kier molecular flexibility index (Phi) is 6.23. The average Bonchev–Trinajstić information content (AvgIpc) is 2.44. The molecule has 124 valence electrons. The summed E-state index contributed by atoms with van der Waals surface area (Å²) in [5.74, 6) is -0.399. The van der Waals surface area contributed by atoms with E-state index in [1.54, 1.807) is 13.8 Å². The van der Waals surface area contributed by atoms with Gasteiger partial charge in [-0.05, 0) is 52.4 Å². The van der Waals surface area contributed by atoms with Crippen LogP contribution in [0.3, 0.4) is 0 Å². The lowest BCUT2D eigenvalue weighted by molar-refractivity contribution is -0.398. The number of hydrogen-bond acceptors (Lipinski definition) is 3. The minimum absolute atomic E-state index is 0.0357. The molecule has 2 unspecified atom stereocenters. The molecule has 1 saturated carbocycles. The van der Waals surface area contributed by atoms with Crippen molar-refractivity contribution in [2.45, 2.75) is 85.4 Å². The van der Waals surface area contributed by atoms with Crippen molar-refractivity contribution in [3.63, 3.8) is 0 Å². The zero-order chi connectivity index (χ0) is 16.3. The van der Waals surface area contributed by atoms with Crippen molar-refractivity contribution in [2.24, 2.45) is 17.3 Å². The Bertz CT molecular complexity index is 345.